The second-order valence-corrected chi connectivity index (χ2v) is 7.83. The van der Waals surface area contributed by atoms with Crippen LogP contribution in [-0.4, -0.2) is 25.2 Å². The van der Waals surface area contributed by atoms with Crippen molar-refractivity contribution in [2.24, 2.45) is 0 Å². The molecule has 30 heavy (non-hydrogen) atoms. The average Bonchev–Trinajstić information content (AvgIpc) is 3.11. The summed E-state index contributed by atoms with van der Waals surface area (Å²) in [6.07, 6.45) is 2.80. The minimum Gasteiger partial charge on any atom is -0.323 e. The number of nitrogens with one attached hydrogen (secondary N) is 1. The Morgan fingerprint density at radius 3 is 2.57 bits per heavy atom. The molecular formula is C21H17Cl2N5O2. The molecule has 1 N–H and O–H groups in total. The van der Waals surface area contributed by atoms with E-state index in [1.54, 1.807) is 22.9 Å². The van der Waals surface area contributed by atoms with E-state index >= 15 is 0 Å². The zero-order valence-electron chi connectivity index (χ0n) is 16.2. The predicted molar refractivity (Wildman–Crippen MR) is 118 cm³/mol. The van der Waals surface area contributed by atoms with Crippen LogP contribution in [0.2, 0.25) is 10.0 Å². The third-order valence-corrected chi connectivity index (χ3v) is 5.09. The van der Waals surface area contributed by atoms with Gasteiger partial charge in [-0.3, -0.25) is 14.2 Å². The van der Waals surface area contributed by atoms with E-state index in [0.717, 1.165) is 16.8 Å². The first kappa shape index (κ1) is 20.1. The topological polar surface area (TPSA) is 81.8 Å². The van der Waals surface area contributed by atoms with Crippen LogP contribution in [0.4, 0.5) is 5.69 Å². The fourth-order valence-electron chi connectivity index (χ4n) is 3.26. The van der Waals surface area contributed by atoms with E-state index in [9.17, 15) is 9.59 Å². The van der Waals surface area contributed by atoms with E-state index in [1.165, 1.54) is 17.1 Å². The van der Waals surface area contributed by atoms with Crippen molar-refractivity contribution in [3.05, 3.63) is 80.4 Å². The van der Waals surface area contributed by atoms with Crippen molar-refractivity contribution in [1.82, 2.24) is 19.3 Å². The molecule has 2 heterocycles. The molecule has 9 heteroatoms. The number of halogens is 2. The van der Waals surface area contributed by atoms with Crippen molar-refractivity contribution >= 4 is 45.8 Å². The maximum Gasteiger partial charge on any atom is 0.264 e. The lowest BCUT2D eigenvalue weighted by Crippen LogP contribution is -2.28. The molecule has 0 spiro atoms. The summed E-state index contributed by atoms with van der Waals surface area (Å²) in [5, 5.41) is 8.09. The molecule has 0 atom stereocenters. The highest BCUT2D eigenvalue weighted by Crippen LogP contribution is 2.25. The first-order chi connectivity index (χ1) is 14.3. The second-order valence-electron chi connectivity index (χ2n) is 6.99. The summed E-state index contributed by atoms with van der Waals surface area (Å²) < 4.78 is 2.84. The van der Waals surface area contributed by atoms with Crippen molar-refractivity contribution in [2.75, 3.05) is 5.32 Å². The Bertz CT molecular complexity index is 1320. The number of aromatic nitrogens is 4. The molecule has 2 aromatic heterocycles. The van der Waals surface area contributed by atoms with Gasteiger partial charge in [0.25, 0.3) is 5.56 Å². The van der Waals surface area contributed by atoms with E-state index in [4.69, 9.17) is 23.2 Å². The highest BCUT2D eigenvalue weighted by molar-refractivity contribution is 6.35. The van der Waals surface area contributed by atoms with Gasteiger partial charge in [0, 0.05) is 5.02 Å². The van der Waals surface area contributed by atoms with Crippen LogP contribution in [0.1, 0.15) is 11.1 Å². The summed E-state index contributed by atoms with van der Waals surface area (Å²) in [4.78, 5) is 29.6. The normalized spacial score (nSPS) is 11.1. The molecule has 2 aromatic carbocycles. The summed E-state index contributed by atoms with van der Waals surface area (Å²) in [6.45, 7) is 3.76. The number of amides is 1. The summed E-state index contributed by atoms with van der Waals surface area (Å²) in [7, 11) is 0. The molecule has 1 amide bonds. The van der Waals surface area contributed by atoms with Crippen molar-refractivity contribution in [2.45, 2.75) is 20.4 Å². The molecule has 0 unspecified atom stereocenters. The lowest BCUT2D eigenvalue weighted by atomic mass is 10.1. The smallest absolute Gasteiger partial charge is 0.264 e. The number of aryl methyl sites for hydroxylation is 2. The molecule has 0 aliphatic heterocycles. The second kappa shape index (κ2) is 7.93. The number of rotatable bonds is 4. The summed E-state index contributed by atoms with van der Waals surface area (Å²) in [5.74, 6) is -0.427. The largest absolute Gasteiger partial charge is 0.323 e. The van der Waals surface area contributed by atoms with Gasteiger partial charge in [-0.05, 0) is 55.3 Å². The van der Waals surface area contributed by atoms with Gasteiger partial charge in [-0.25, -0.2) is 9.67 Å². The van der Waals surface area contributed by atoms with Crippen LogP contribution in [0.5, 0.6) is 0 Å². The van der Waals surface area contributed by atoms with E-state index in [-0.39, 0.29) is 12.1 Å². The summed E-state index contributed by atoms with van der Waals surface area (Å²) >= 11 is 12.0. The zero-order valence-corrected chi connectivity index (χ0v) is 17.7. The monoisotopic (exact) mass is 441 g/mol. The predicted octanol–water partition coefficient (Wildman–Crippen LogP) is 4.14. The highest BCUT2D eigenvalue weighted by Gasteiger charge is 2.14. The first-order valence-electron chi connectivity index (χ1n) is 9.08. The maximum atomic E-state index is 12.9. The number of carbonyl (C=O) groups excluding carboxylic acids is 1. The molecule has 0 bridgehead atoms. The summed E-state index contributed by atoms with van der Waals surface area (Å²) in [5.41, 5.74) is 3.43. The SMILES string of the molecule is Cc1cc(C)cc(-n2ncc3c(=O)n(CC(=O)Nc4cc(Cl)ccc4Cl)cnc32)c1. The fourth-order valence-corrected chi connectivity index (χ4v) is 3.60. The Hall–Kier alpha value is -3.16. The van der Waals surface area contributed by atoms with Crippen LogP contribution in [0.3, 0.4) is 0 Å². The third-order valence-electron chi connectivity index (χ3n) is 4.52. The van der Waals surface area contributed by atoms with Crippen LogP contribution in [0.15, 0.2) is 53.7 Å². The van der Waals surface area contributed by atoms with Crippen LogP contribution in [0.25, 0.3) is 16.7 Å². The number of benzene rings is 2. The molecule has 0 fully saturated rings. The number of hydrogen-bond acceptors (Lipinski definition) is 4. The van der Waals surface area contributed by atoms with E-state index < -0.39 is 5.91 Å². The minimum atomic E-state index is -0.427. The van der Waals surface area contributed by atoms with Crippen LogP contribution in [-0.2, 0) is 11.3 Å². The van der Waals surface area contributed by atoms with Crippen molar-refractivity contribution in [3.8, 4) is 5.69 Å². The van der Waals surface area contributed by atoms with Gasteiger partial charge in [0.05, 0.1) is 22.6 Å². The fraction of sp³-hybridized carbons (Fsp3) is 0.143. The Balaban J connectivity index is 1.63. The van der Waals surface area contributed by atoms with Gasteiger partial charge in [0.1, 0.15) is 18.3 Å². The van der Waals surface area contributed by atoms with Gasteiger partial charge >= 0.3 is 0 Å². The van der Waals surface area contributed by atoms with Gasteiger partial charge in [-0.1, -0.05) is 29.3 Å². The summed E-state index contributed by atoms with van der Waals surface area (Å²) in [6, 6.07) is 10.7. The van der Waals surface area contributed by atoms with Gasteiger partial charge in [-0.2, -0.15) is 5.10 Å². The molecule has 0 saturated carbocycles. The Morgan fingerprint density at radius 1 is 1.10 bits per heavy atom. The number of fused-ring (bicyclic) bond motifs is 1. The van der Waals surface area contributed by atoms with Crippen LogP contribution < -0.4 is 10.9 Å². The quantitative estimate of drug-likeness (QED) is 0.515. The molecule has 7 nitrogen and oxygen atoms in total. The lowest BCUT2D eigenvalue weighted by molar-refractivity contribution is -0.116. The van der Waals surface area contributed by atoms with Gasteiger partial charge < -0.3 is 5.32 Å². The molecule has 0 aliphatic carbocycles. The number of nitrogens with zero attached hydrogens (tertiary/aromatic N) is 4. The van der Waals surface area contributed by atoms with E-state index in [0.29, 0.717) is 26.8 Å². The van der Waals surface area contributed by atoms with Crippen LogP contribution in [0, 0.1) is 13.8 Å². The average molecular weight is 442 g/mol. The highest BCUT2D eigenvalue weighted by atomic mass is 35.5. The molecule has 0 saturated heterocycles. The van der Waals surface area contributed by atoms with Crippen molar-refractivity contribution in [1.29, 1.82) is 0 Å². The van der Waals surface area contributed by atoms with Gasteiger partial charge in [0.15, 0.2) is 5.65 Å². The number of hydrogen-bond donors (Lipinski definition) is 1. The van der Waals surface area contributed by atoms with Gasteiger partial charge in [-0.15, -0.1) is 0 Å². The number of carbonyl (C=O) groups is 1. The third kappa shape index (κ3) is 3.94. The van der Waals surface area contributed by atoms with E-state index in [1.807, 2.05) is 26.0 Å². The standard InChI is InChI=1S/C21H17Cl2N5O2/c1-12-5-13(2)7-15(6-12)28-20-16(9-25-28)21(30)27(11-24-20)10-19(29)26-18-8-14(22)3-4-17(18)23/h3-9,11H,10H2,1-2H3,(H,26,29). The zero-order chi connectivity index (χ0) is 21.4. The van der Waals surface area contributed by atoms with Crippen molar-refractivity contribution < 1.29 is 4.79 Å². The molecule has 4 aromatic rings. The Morgan fingerprint density at radius 2 is 1.83 bits per heavy atom. The lowest BCUT2D eigenvalue weighted by Gasteiger charge is -2.09. The molecular weight excluding hydrogens is 425 g/mol. The molecule has 0 aliphatic rings. The van der Waals surface area contributed by atoms with Crippen molar-refractivity contribution in [3.63, 3.8) is 0 Å². The minimum absolute atomic E-state index is 0.223. The van der Waals surface area contributed by atoms with Gasteiger partial charge in [0.2, 0.25) is 5.91 Å². The first-order valence-corrected chi connectivity index (χ1v) is 9.84. The Labute approximate surface area is 181 Å². The van der Waals surface area contributed by atoms with Crippen LogP contribution >= 0.6 is 23.2 Å². The molecule has 152 valence electrons. The number of anilines is 1. The Kier molecular flexibility index (Phi) is 5.32. The molecule has 4 rings (SSSR count). The molecule has 0 radical (unpaired) electrons. The maximum absolute atomic E-state index is 12.9. The van der Waals surface area contributed by atoms with E-state index in [2.05, 4.69) is 21.5 Å².